The average molecular weight is 1110 g/mol. The molecular weight excluding hydrogens is 1070 g/mol. The van der Waals surface area contributed by atoms with Crippen LogP contribution in [0.1, 0.15) is 35.1 Å². The van der Waals surface area contributed by atoms with Crippen molar-refractivity contribution >= 4 is 125 Å². The second-order valence-electron chi connectivity index (χ2n) is 13.1. The van der Waals surface area contributed by atoms with Gasteiger partial charge in [-0.1, -0.05) is 46.4 Å². The minimum Gasteiger partial charge on any atom is -0.496 e. The first-order valence-electron chi connectivity index (χ1n) is 18.7. The minimum atomic E-state index is -1.61. The van der Waals surface area contributed by atoms with Crippen LogP contribution in [0.3, 0.4) is 0 Å². The number of carbonyl (C=O) groups is 2. The number of carbonyl (C=O) groups excluding carboxylic acids is 2. The number of imide groups is 1. The number of nitriles is 2. The summed E-state index contributed by atoms with van der Waals surface area (Å²) in [6.07, 6.45) is 0.703. The van der Waals surface area contributed by atoms with Crippen molar-refractivity contribution in [2.24, 2.45) is 0 Å². The van der Waals surface area contributed by atoms with Gasteiger partial charge in [-0.15, -0.1) is 10.2 Å². The van der Waals surface area contributed by atoms with E-state index in [2.05, 4.69) is 75.0 Å². The van der Waals surface area contributed by atoms with Gasteiger partial charge in [-0.3, -0.25) is 9.59 Å². The van der Waals surface area contributed by atoms with E-state index < -0.39 is 3.25 Å². The Labute approximate surface area is 415 Å². The molecule has 0 saturated carbocycles. The number of halogens is 6. The largest absolute Gasteiger partial charge is 0.496 e. The molecule has 66 heavy (non-hydrogen) atoms. The molecule has 1 fully saturated rings. The van der Waals surface area contributed by atoms with Crippen LogP contribution in [0, 0.1) is 36.5 Å². The molecule has 0 bridgehead atoms. The molecule has 6 aromatic rings. The summed E-state index contributed by atoms with van der Waals surface area (Å²) in [5.41, 5.74) is 17.6. The lowest BCUT2D eigenvalue weighted by Crippen LogP contribution is -2.16. The number of nitrogens with two attached hydrogens (primary N) is 2. The van der Waals surface area contributed by atoms with Gasteiger partial charge in [0.15, 0.2) is 0 Å². The number of alkyl halides is 4. The Morgan fingerprint density at radius 3 is 1.42 bits per heavy atom. The minimum absolute atomic E-state index is 0.144. The Bertz CT molecular complexity index is 2710. The van der Waals surface area contributed by atoms with Crippen LogP contribution in [0.15, 0.2) is 71.2 Å². The van der Waals surface area contributed by atoms with E-state index in [1.807, 2.05) is 32.0 Å². The van der Waals surface area contributed by atoms with Crippen LogP contribution in [0.4, 0.5) is 35.2 Å². The number of nitrogens with one attached hydrogen (secondary N) is 2. The van der Waals surface area contributed by atoms with Crippen LogP contribution >= 0.6 is 78.5 Å². The maximum Gasteiger partial charge on any atom is 0.266 e. The topological polar surface area (TPSA) is 259 Å². The Hall–Kier alpha value is -6.20. The zero-order valence-electron chi connectivity index (χ0n) is 35.7. The van der Waals surface area contributed by atoms with Crippen molar-refractivity contribution in [1.29, 1.82) is 10.5 Å². The number of ether oxygens (including phenoxy) is 4. The molecule has 4 aromatic carbocycles. The van der Waals surface area contributed by atoms with Gasteiger partial charge in [0.05, 0.1) is 89.4 Å². The van der Waals surface area contributed by atoms with Gasteiger partial charge in [-0.2, -0.15) is 29.9 Å². The quantitative estimate of drug-likeness (QED) is 0.0566. The highest BCUT2D eigenvalue weighted by atomic mass is 79.9. The molecule has 0 radical (unpaired) electrons. The summed E-state index contributed by atoms with van der Waals surface area (Å²) in [5.74, 6) is 3.48. The van der Waals surface area contributed by atoms with Crippen LogP contribution in [0.2, 0.25) is 0 Å². The summed E-state index contributed by atoms with van der Waals surface area (Å²) in [4.78, 5) is 29.4. The second kappa shape index (κ2) is 23.8. The molecule has 0 aliphatic carbocycles. The molecule has 7 rings (SSSR count). The number of hydrogen-bond donors (Lipinski definition) is 4. The third kappa shape index (κ3) is 14.1. The number of amides is 2. The van der Waals surface area contributed by atoms with Crippen molar-refractivity contribution < 1.29 is 28.5 Å². The predicted octanol–water partition coefficient (Wildman–Crippen LogP) is 9.34. The SMILES string of the molecule is COc1cc(Nc2nc(N)n(-c3ccc(C#N)cc3)n2)c(Br)c(OC)c1C.COc1cc(Nc2nc(N)n(-c3ccc(C#N)cc3)n2)cc(OC)c1C.ClC(Cl)(Cl)Cl.O=C1CCC(=O)N1Br. The number of nitrogen functional groups attached to an aromatic ring is 2. The Balaban J connectivity index is 0.000000227. The molecule has 1 aliphatic heterocycles. The van der Waals surface area contributed by atoms with E-state index in [1.54, 1.807) is 77.0 Å². The first-order valence-corrected chi connectivity index (χ1v) is 21.7. The number of nitrogens with zero attached hydrogens (tertiary/aromatic N) is 9. The summed E-state index contributed by atoms with van der Waals surface area (Å²) in [5, 5.41) is 32.8. The first kappa shape index (κ1) is 52.4. The molecule has 2 aromatic heterocycles. The zero-order valence-corrected chi connectivity index (χ0v) is 41.9. The number of anilines is 6. The highest BCUT2D eigenvalue weighted by Crippen LogP contribution is 2.42. The third-order valence-electron chi connectivity index (χ3n) is 8.84. The second-order valence-corrected chi connectivity index (χ2v) is 18.0. The monoisotopic (exact) mass is 1110 g/mol. The van der Waals surface area contributed by atoms with Gasteiger partial charge in [0.1, 0.15) is 23.0 Å². The highest BCUT2D eigenvalue weighted by Gasteiger charge is 2.26. The van der Waals surface area contributed by atoms with E-state index in [4.69, 9.17) is 87.3 Å². The Morgan fingerprint density at radius 2 is 1.08 bits per heavy atom. The van der Waals surface area contributed by atoms with Crippen LogP contribution in [0.5, 0.6) is 23.0 Å². The average Bonchev–Trinajstić information content (AvgIpc) is 3.95. The Morgan fingerprint density at radius 1 is 0.682 bits per heavy atom. The van der Waals surface area contributed by atoms with Gasteiger partial charge in [-0.25, -0.2) is 3.93 Å². The van der Waals surface area contributed by atoms with E-state index in [1.165, 1.54) is 9.36 Å². The molecule has 346 valence electrons. The fourth-order valence-electron chi connectivity index (χ4n) is 5.69. The smallest absolute Gasteiger partial charge is 0.266 e. The molecule has 19 nitrogen and oxygen atoms in total. The summed E-state index contributed by atoms with van der Waals surface area (Å²) < 4.78 is 24.7. The van der Waals surface area contributed by atoms with Gasteiger partial charge in [0.25, 0.3) is 3.25 Å². The Kier molecular flexibility index (Phi) is 18.9. The molecule has 0 unspecified atom stereocenters. The van der Waals surface area contributed by atoms with Crippen LogP contribution < -0.4 is 41.0 Å². The summed E-state index contributed by atoms with van der Waals surface area (Å²) in [7, 11) is 6.38. The van der Waals surface area contributed by atoms with Crippen LogP contribution in [-0.2, 0) is 9.59 Å². The molecule has 3 heterocycles. The lowest BCUT2D eigenvalue weighted by atomic mass is 10.1. The molecule has 1 saturated heterocycles. The van der Waals surface area contributed by atoms with E-state index in [-0.39, 0.29) is 23.7 Å². The summed E-state index contributed by atoms with van der Waals surface area (Å²) >= 11 is 25.6. The number of hydrogen-bond acceptors (Lipinski definition) is 16. The molecular formula is C41H39Br2Cl4N13O6. The van der Waals surface area contributed by atoms with Gasteiger partial charge >= 0.3 is 0 Å². The standard InChI is InChI=1S/C18H17BrN6O2.C18H18N6O2.C4H4BrNO2.CCl4/c1-10-14(26-2)8-13(15(19)16(10)27-3)22-18-23-17(21)25(24-18)12-6-4-11(9-20)5-7-12;1-11-15(25-2)8-13(9-16(11)26-3)21-18-22-17(20)24(23-18)14-6-4-12(10-19)5-7-14;5-6-3(7)1-2-4(6)8;2-1(3,4)5/h4-8H,1-3H3,(H3,21,22,23,24);4-9H,1-3H3,(H3,20,21,22,23);1-2H2;. The molecule has 0 atom stereocenters. The fourth-order valence-corrected chi connectivity index (χ4v) is 6.72. The van der Waals surface area contributed by atoms with Gasteiger partial charge in [0, 0.05) is 47.9 Å². The van der Waals surface area contributed by atoms with Crippen molar-refractivity contribution in [3.8, 4) is 46.5 Å². The lowest BCUT2D eigenvalue weighted by Gasteiger charge is -2.15. The van der Waals surface area contributed by atoms with Crippen molar-refractivity contribution in [3.05, 3.63) is 93.5 Å². The molecule has 0 spiro atoms. The molecule has 1 aliphatic rings. The third-order valence-corrected chi connectivity index (χ3v) is 10.4. The van der Waals surface area contributed by atoms with E-state index in [0.717, 1.165) is 19.5 Å². The number of benzene rings is 4. The van der Waals surface area contributed by atoms with Crippen molar-refractivity contribution in [2.75, 3.05) is 50.5 Å². The van der Waals surface area contributed by atoms with Crippen molar-refractivity contribution in [3.63, 3.8) is 0 Å². The van der Waals surface area contributed by atoms with Crippen molar-refractivity contribution in [1.82, 2.24) is 33.5 Å². The number of rotatable bonds is 10. The van der Waals surface area contributed by atoms with Gasteiger partial charge < -0.3 is 41.0 Å². The number of aromatic nitrogens is 6. The van der Waals surface area contributed by atoms with Gasteiger partial charge in [-0.05, 0) is 78.3 Å². The van der Waals surface area contributed by atoms with Crippen LogP contribution in [-0.4, -0.2) is 77.0 Å². The highest BCUT2D eigenvalue weighted by molar-refractivity contribution is 9.10. The summed E-state index contributed by atoms with van der Waals surface area (Å²) in [6.45, 7) is 3.82. The van der Waals surface area contributed by atoms with Gasteiger partial charge in [0.2, 0.25) is 35.6 Å². The predicted molar refractivity (Wildman–Crippen MR) is 260 cm³/mol. The fraction of sp³-hybridized carbons (Fsp3) is 0.220. The number of methoxy groups -OCH3 is 4. The maximum atomic E-state index is 10.4. The van der Waals surface area contributed by atoms with Crippen LogP contribution in [0.25, 0.3) is 11.4 Å². The van der Waals surface area contributed by atoms with E-state index >= 15 is 0 Å². The van der Waals surface area contributed by atoms with Crippen molar-refractivity contribution in [2.45, 2.75) is 29.9 Å². The summed E-state index contributed by atoms with van der Waals surface area (Å²) in [6, 6.07) is 23.4. The zero-order chi connectivity index (χ0) is 48.9. The maximum absolute atomic E-state index is 10.4. The molecule has 25 heteroatoms. The lowest BCUT2D eigenvalue weighted by molar-refractivity contribution is -0.131. The van der Waals surface area contributed by atoms with E-state index in [0.29, 0.717) is 81.6 Å². The normalized spacial score (nSPS) is 11.6. The molecule has 2 amide bonds. The first-order chi connectivity index (χ1) is 31.2. The van der Waals surface area contributed by atoms with E-state index in [9.17, 15) is 9.59 Å². The molecule has 6 N–H and O–H groups in total.